The number of carbonyl (C=O) groups excluding carboxylic acids is 2. The molecule has 0 bridgehead atoms. The monoisotopic (exact) mass is 261 g/mol. The molecule has 1 aromatic rings. The van der Waals surface area contributed by atoms with Gasteiger partial charge in [-0.25, -0.2) is 13.6 Å². The molecule has 1 aromatic heterocycles. The van der Waals surface area contributed by atoms with Crippen molar-refractivity contribution >= 4 is 22.3 Å². The number of cyclic esters (lactones) is 1. The molecule has 0 spiro atoms. The van der Waals surface area contributed by atoms with Crippen LogP contribution in [0.1, 0.15) is 23.4 Å². The predicted octanol–water partition coefficient (Wildman–Crippen LogP) is 0.0629. The highest BCUT2D eigenvalue weighted by Crippen LogP contribution is 2.09. The molecule has 7 nitrogen and oxygen atoms in total. The molecule has 2 N–H and O–H groups in total. The molecule has 0 saturated carbocycles. The summed E-state index contributed by atoms with van der Waals surface area (Å²) in [6.07, 6.45) is 1.94. The predicted molar refractivity (Wildman–Crippen MR) is 55.7 cm³/mol. The van der Waals surface area contributed by atoms with Crippen LogP contribution in [-0.2, 0) is 19.6 Å². The maximum atomic E-state index is 10.5. The van der Waals surface area contributed by atoms with E-state index >= 15 is 0 Å². The van der Waals surface area contributed by atoms with Crippen LogP contribution in [-0.4, -0.2) is 27.3 Å². The van der Waals surface area contributed by atoms with Crippen LogP contribution in [0.2, 0.25) is 0 Å². The number of esters is 1. The summed E-state index contributed by atoms with van der Waals surface area (Å²) in [4.78, 5) is 20.0. The summed E-state index contributed by atoms with van der Waals surface area (Å²) in [5, 5.41) is 4.28. The molecular weight excluding hydrogens is 250 g/mol. The lowest BCUT2D eigenvalue weighted by Gasteiger charge is -1.87. The fraction of sp³-hybridized carbons (Fsp3) is 0.333. The molecule has 0 unspecified atom stereocenters. The van der Waals surface area contributed by atoms with E-state index < -0.39 is 15.1 Å². The highest BCUT2D eigenvalue weighted by molar-refractivity contribution is 7.89. The lowest BCUT2D eigenvalue weighted by molar-refractivity contribution is -0.137. The number of aldehydes is 1. The van der Waals surface area contributed by atoms with E-state index in [0.717, 1.165) is 12.5 Å². The summed E-state index contributed by atoms with van der Waals surface area (Å²) in [5.41, 5.74) is 0. The normalized spacial score (nSPS) is 14.8. The topological polar surface area (TPSA) is 117 Å². The zero-order valence-corrected chi connectivity index (χ0v) is 9.60. The van der Waals surface area contributed by atoms with Crippen LogP contribution in [0.4, 0.5) is 0 Å². The van der Waals surface area contributed by atoms with E-state index in [1.54, 1.807) is 0 Å². The summed E-state index contributed by atoms with van der Waals surface area (Å²) in [7, 11) is -3.82. The van der Waals surface area contributed by atoms with Gasteiger partial charge in [0.2, 0.25) is 5.09 Å². The number of primary sulfonamides is 1. The van der Waals surface area contributed by atoms with E-state index in [-0.39, 0.29) is 11.7 Å². The minimum atomic E-state index is -3.82. The molecule has 2 rings (SSSR count). The van der Waals surface area contributed by atoms with Crippen molar-refractivity contribution in [3.63, 3.8) is 0 Å². The van der Waals surface area contributed by atoms with E-state index in [0.29, 0.717) is 19.3 Å². The number of carbonyl (C=O) groups is 2. The summed E-state index contributed by atoms with van der Waals surface area (Å²) < 4.78 is 30.1. The van der Waals surface area contributed by atoms with Gasteiger partial charge in [-0.05, 0) is 18.6 Å². The van der Waals surface area contributed by atoms with E-state index in [9.17, 15) is 18.0 Å². The first-order valence-electron chi connectivity index (χ1n) is 4.67. The first-order chi connectivity index (χ1) is 7.93. The van der Waals surface area contributed by atoms with Crippen molar-refractivity contribution < 1.29 is 27.2 Å². The third kappa shape index (κ3) is 4.37. The average Bonchev–Trinajstić information content (AvgIpc) is 2.87. The Hall–Kier alpha value is -1.67. The molecule has 0 radical (unpaired) electrons. The first-order valence-corrected chi connectivity index (χ1v) is 6.21. The highest BCUT2D eigenvalue weighted by Gasteiger charge is 2.12. The summed E-state index contributed by atoms with van der Waals surface area (Å²) >= 11 is 0. The lowest BCUT2D eigenvalue weighted by atomic mass is 10.4. The standard InChI is InChI=1S/C5H5NO4S.C4H6O2/c6-11(8,9)5-2-1-4(3-7)10-5;5-4-2-1-3-6-4/h1-3H,(H2,6,8,9);1-3H2. The number of hydrogen-bond acceptors (Lipinski definition) is 6. The summed E-state index contributed by atoms with van der Waals surface area (Å²) in [6, 6.07) is 2.35. The third-order valence-electron chi connectivity index (χ3n) is 1.79. The SMILES string of the molecule is NS(=O)(=O)c1ccc(C=O)o1.O=C1CCCO1. The van der Waals surface area contributed by atoms with E-state index in [4.69, 9.17) is 0 Å². The number of sulfonamides is 1. The van der Waals surface area contributed by atoms with Gasteiger partial charge in [-0.3, -0.25) is 9.59 Å². The van der Waals surface area contributed by atoms with Crippen molar-refractivity contribution in [2.24, 2.45) is 5.14 Å². The molecule has 1 saturated heterocycles. The van der Waals surface area contributed by atoms with E-state index in [1.807, 2.05) is 0 Å². The summed E-state index contributed by atoms with van der Waals surface area (Å²) in [5.74, 6) is -0.107. The Kier molecular flexibility index (Phi) is 4.41. The van der Waals surface area contributed by atoms with Gasteiger partial charge >= 0.3 is 5.97 Å². The van der Waals surface area contributed by atoms with Gasteiger partial charge in [-0.2, -0.15) is 0 Å². The Labute approximate surface area is 97.6 Å². The van der Waals surface area contributed by atoms with Gasteiger partial charge in [0, 0.05) is 6.42 Å². The Morgan fingerprint density at radius 2 is 2.06 bits per heavy atom. The Bertz CT molecular complexity index is 495. The minimum Gasteiger partial charge on any atom is -0.466 e. The minimum absolute atomic E-state index is 0.0463. The molecule has 94 valence electrons. The van der Waals surface area contributed by atoms with Crippen molar-refractivity contribution in [2.45, 2.75) is 17.9 Å². The van der Waals surface area contributed by atoms with Gasteiger partial charge in [0.25, 0.3) is 10.0 Å². The number of nitrogens with two attached hydrogens (primary N) is 1. The fourth-order valence-electron chi connectivity index (χ4n) is 1.03. The first kappa shape index (κ1) is 13.4. The second-order valence-electron chi connectivity index (χ2n) is 3.14. The van der Waals surface area contributed by atoms with Crippen LogP contribution in [0.3, 0.4) is 0 Å². The molecule has 0 aromatic carbocycles. The number of ether oxygens (including phenoxy) is 1. The smallest absolute Gasteiger partial charge is 0.305 e. The van der Waals surface area contributed by atoms with E-state index in [1.165, 1.54) is 6.07 Å². The van der Waals surface area contributed by atoms with Gasteiger partial charge in [-0.1, -0.05) is 0 Å². The van der Waals surface area contributed by atoms with Crippen LogP contribution in [0.25, 0.3) is 0 Å². The lowest BCUT2D eigenvalue weighted by Crippen LogP contribution is -2.10. The van der Waals surface area contributed by atoms with Crippen molar-refractivity contribution in [3.05, 3.63) is 17.9 Å². The van der Waals surface area contributed by atoms with Crippen molar-refractivity contribution in [1.82, 2.24) is 0 Å². The van der Waals surface area contributed by atoms with Gasteiger partial charge < -0.3 is 9.15 Å². The maximum Gasteiger partial charge on any atom is 0.305 e. The molecule has 1 fully saturated rings. The van der Waals surface area contributed by atoms with Crippen LogP contribution < -0.4 is 5.14 Å². The zero-order chi connectivity index (χ0) is 12.9. The van der Waals surface area contributed by atoms with Gasteiger partial charge in [0.1, 0.15) is 0 Å². The third-order valence-corrected chi connectivity index (χ3v) is 2.57. The second-order valence-corrected chi connectivity index (χ2v) is 4.64. The molecule has 0 amide bonds. The molecule has 2 heterocycles. The quantitative estimate of drug-likeness (QED) is 0.594. The van der Waals surface area contributed by atoms with Gasteiger partial charge in [-0.15, -0.1) is 0 Å². The Morgan fingerprint density at radius 1 is 1.35 bits per heavy atom. The summed E-state index contributed by atoms with van der Waals surface area (Å²) in [6.45, 7) is 0.638. The number of furan rings is 1. The van der Waals surface area contributed by atoms with Crippen LogP contribution in [0.15, 0.2) is 21.6 Å². The second kappa shape index (κ2) is 5.60. The van der Waals surface area contributed by atoms with Crippen LogP contribution in [0, 0.1) is 0 Å². The zero-order valence-electron chi connectivity index (χ0n) is 8.79. The average molecular weight is 261 g/mol. The largest absolute Gasteiger partial charge is 0.466 e. The van der Waals surface area contributed by atoms with Crippen molar-refractivity contribution in [1.29, 1.82) is 0 Å². The highest BCUT2D eigenvalue weighted by atomic mass is 32.2. The van der Waals surface area contributed by atoms with Crippen LogP contribution >= 0.6 is 0 Å². The molecule has 17 heavy (non-hydrogen) atoms. The Balaban J connectivity index is 0.000000202. The van der Waals surface area contributed by atoms with Gasteiger partial charge in [0.15, 0.2) is 12.0 Å². The molecule has 0 atom stereocenters. The molecular formula is C9H11NO6S. The molecule has 8 heteroatoms. The maximum absolute atomic E-state index is 10.5. The van der Waals surface area contributed by atoms with Crippen molar-refractivity contribution in [3.8, 4) is 0 Å². The van der Waals surface area contributed by atoms with Crippen LogP contribution in [0.5, 0.6) is 0 Å². The number of rotatable bonds is 2. The fourth-order valence-corrected chi connectivity index (χ4v) is 1.50. The molecule has 1 aliphatic rings. The molecule has 0 aliphatic carbocycles. The van der Waals surface area contributed by atoms with Crippen molar-refractivity contribution in [2.75, 3.05) is 6.61 Å². The molecule has 1 aliphatic heterocycles. The Morgan fingerprint density at radius 3 is 2.29 bits per heavy atom. The number of hydrogen-bond donors (Lipinski definition) is 1. The van der Waals surface area contributed by atoms with E-state index in [2.05, 4.69) is 14.3 Å². The van der Waals surface area contributed by atoms with Gasteiger partial charge in [0.05, 0.1) is 6.61 Å².